The number of carbonyl (C=O) groups is 2. The van der Waals surface area contributed by atoms with Crippen LogP contribution < -0.4 is 5.32 Å². The molecule has 0 bridgehead atoms. The molecule has 4 nitrogen and oxygen atoms in total. The monoisotopic (exact) mass is 306 g/mol. The summed E-state index contributed by atoms with van der Waals surface area (Å²) in [6, 6.07) is 14.8. The minimum atomic E-state index is -0.167. The maximum atomic E-state index is 12.7. The number of carbonyl (C=O) groups excluding carboxylic acids is 2. The van der Waals surface area contributed by atoms with E-state index in [1.807, 2.05) is 42.8 Å². The zero-order chi connectivity index (χ0) is 16.6. The van der Waals surface area contributed by atoms with Crippen LogP contribution in [0.5, 0.6) is 0 Å². The molecule has 0 saturated carbocycles. The number of benzene rings is 2. The van der Waals surface area contributed by atoms with Crippen molar-refractivity contribution >= 4 is 28.3 Å². The van der Waals surface area contributed by atoms with E-state index in [4.69, 9.17) is 0 Å². The van der Waals surface area contributed by atoms with Crippen molar-refractivity contribution < 1.29 is 9.59 Å². The number of fused-ring (bicyclic) bond motifs is 1. The molecule has 4 heteroatoms. The first-order chi connectivity index (χ1) is 11.0. The maximum Gasteiger partial charge on any atom is 0.258 e. The van der Waals surface area contributed by atoms with Crippen LogP contribution >= 0.6 is 0 Å². The number of hydrogen-bond donors (Lipinski definition) is 1. The topological polar surface area (TPSA) is 51.1 Å². The van der Waals surface area contributed by atoms with Crippen LogP contribution in [0.4, 0.5) is 5.69 Å². The van der Waals surface area contributed by atoms with E-state index in [1.165, 1.54) is 6.92 Å². The highest BCUT2D eigenvalue weighted by Gasteiger charge is 2.18. The third-order valence-electron chi connectivity index (χ3n) is 4.15. The van der Waals surface area contributed by atoms with Crippen LogP contribution in [-0.4, -0.2) is 16.3 Å². The van der Waals surface area contributed by atoms with E-state index >= 15 is 0 Å². The number of aromatic nitrogens is 1. The van der Waals surface area contributed by atoms with Gasteiger partial charge in [0.25, 0.3) is 5.91 Å². The van der Waals surface area contributed by atoms with E-state index in [9.17, 15) is 9.59 Å². The first-order valence-corrected chi connectivity index (χ1v) is 7.45. The molecule has 0 unspecified atom stereocenters. The number of hydrogen-bond acceptors (Lipinski definition) is 2. The molecule has 2 aromatic carbocycles. The summed E-state index contributed by atoms with van der Waals surface area (Å²) < 4.78 is 2.01. The van der Waals surface area contributed by atoms with Gasteiger partial charge in [-0.25, -0.2) is 0 Å². The Bertz CT molecular complexity index is 922. The third kappa shape index (κ3) is 2.63. The predicted molar refractivity (Wildman–Crippen MR) is 92.1 cm³/mol. The highest BCUT2D eigenvalue weighted by molar-refractivity contribution is 6.14. The molecule has 0 atom stereocenters. The number of anilines is 1. The van der Waals surface area contributed by atoms with Crippen molar-refractivity contribution in [2.75, 3.05) is 5.32 Å². The number of para-hydroxylation sites is 1. The average molecular weight is 306 g/mol. The van der Waals surface area contributed by atoms with Gasteiger partial charge in [0.2, 0.25) is 0 Å². The van der Waals surface area contributed by atoms with Crippen molar-refractivity contribution in [3.05, 3.63) is 65.4 Å². The number of nitrogens with one attached hydrogen (secondary N) is 1. The van der Waals surface area contributed by atoms with E-state index < -0.39 is 0 Å². The summed E-state index contributed by atoms with van der Waals surface area (Å²) in [5, 5.41) is 3.82. The van der Waals surface area contributed by atoms with Crippen LogP contribution in [0.25, 0.3) is 10.9 Å². The van der Waals surface area contributed by atoms with Gasteiger partial charge < -0.3 is 9.88 Å². The number of rotatable bonds is 3. The van der Waals surface area contributed by atoms with Gasteiger partial charge in [-0.1, -0.05) is 30.3 Å². The molecule has 116 valence electrons. The Morgan fingerprint density at radius 1 is 1.04 bits per heavy atom. The molecule has 3 rings (SSSR count). The number of aryl methyl sites for hydroxylation is 1. The summed E-state index contributed by atoms with van der Waals surface area (Å²) in [5.74, 6) is -0.192. The molecular weight excluding hydrogens is 288 g/mol. The van der Waals surface area contributed by atoms with Crippen LogP contribution in [0.1, 0.15) is 33.3 Å². The highest BCUT2D eigenvalue weighted by Crippen LogP contribution is 2.25. The number of ketones is 1. The zero-order valence-corrected chi connectivity index (χ0v) is 13.4. The first kappa shape index (κ1) is 15.0. The number of nitrogens with zero attached hydrogens (tertiary/aromatic N) is 1. The lowest BCUT2D eigenvalue weighted by Gasteiger charge is -2.07. The van der Waals surface area contributed by atoms with Gasteiger partial charge in [-0.3, -0.25) is 9.59 Å². The van der Waals surface area contributed by atoms with Crippen molar-refractivity contribution in [2.24, 2.45) is 7.05 Å². The Kier molecular flexibility index (Phi) is 3.74. The van der Waals surface area contributed by atoms with Crippen molar-refractivity contribution in [1.82, 2.24) is 4.57 Å². The van der Waals surface area contributed by atoms with Crippen molar-refractivity contribution in [1.29, 1.82) is 0 Å². The van der Waals surface area contributed by atoms with Crippen LogP contribution in [0, 0.1) is 6.92 Å². The largest absolute Gasteiger partial charge is 0.347 e. The quantitative estimate of drug-likeness (QED) is 0.745. The summed E-state index contributed by atoms with van der Waals surface area (Å²) >= 11 is 0. The molecule has 1 aromatic heterocycles. The first-order valence-electron chi connectivity index (χ1n) is 7.45. The molecule has 1 heterocycles. The van der Waals surface area contributed by atoms with Gasteiger partial charge in [0.1, 0.15) is 0 Å². The lowest BCUT2D eigenvalue weighted by Crippen LogP contribution is -2.13. The molecule has 1 N–H and O–H groups in total. The molecule has 0 aliphatic carbocycles. The van der Waals surface area contributed by atoms with E-state index in [0.29, 0.717) is 16.8 Å². The van der Waals surface area contributed by atoms with E-state index in [2.05, 4.69) is 5.32 Å². The van der Waals surface area contributed by atoms with Crippen molar-refractivity contribution in [2.45, 2.75) is 13.8 Å². The molecule has 0 saturated heterocycles. The molecule has 0 fully saturated rings. The van der Waals surface area contributed by atoms with Gasteiger partial charge in [-0.15, -0.1) is 0 Å². The number of amides is 1. The third-order valence-corrected chi connectivity index (χ3v) is 4.15. The summed E-state index contributed by atoms with van der Waals surface area (Å²) in [6.07, 6.45) is 0. The van der Waals surface area contributed by atoms with Gasteiger partial charge in [0.05, 0.1) is 5.56 Å². The van der Waals surface area contributed by atoms with Crippen LogP contribution in [0.2, 0.25) is 0 Å². The van der Waals surface area contributed by atoms with E-state index in [0.717, 1.165) is 16.6 Å². The summed E-state index contributed by atoms with van der Waals surface area (Å²) in [4.78, 5) is 24.2. The van der Waals surface area contributed by atoms with Gasteiger partial charge in [-0.05, 0) is 32.0 Å². The fraction of sp³-hybridized carbons (Fsp3) is 0.158. The van der Waals surface area contributed by atoms with E-state index in [1.54, 1.807) is 24.3 Å². The van der Waals surface area contributed by atoms with Crippen molar-refractivity contribution in [3.8, 4) is 0 Å². The van der Waals surface area contributed by atoms with Crippen LogP contribution in [0.3, 0.4) is 0 Å². The lowest BCUT2D eigenvalue weighted by atomic mass is 10.1. The molecule has 23 heavy (non-hydrogen) atoms. The Hall–Kier alpha value is -2.88. The molecule has 0 aliphatic heterocycles. The Morgan fingerprint density at radius 2 is 1.78 bits per heavy atom. The second kappa shape index (κ2) is 5.72. The Morgan fingerprint density at radius 3 is 2.52 bits per heavy atom. The minimum absolute atomic E-state index is 0.0255. The molecule has 1 amide bonds. The Balaban J connectivity index is 2.00. The van der Waals surface area contributed by atoms with Crippen LogP contribution in [-0.2, 0) is 7.05 Å². The predicted octanol–water partition coefficient (Wildman–Crippen LogP) is 3.94. The summed E-state index contributed by atoms with van der Waals surface area (Å²) in [6.45, 7) is 3.44. The number of Topliss-reactive ketones (excluding diaryl/α,β-unsaturated/α-hetero) is 1. The van der Waals surface area contributed by atoms with E-state index in [-0.39, 0.29) is 11.7 Å². The zero-order valence-electron chi connectivity index (χ0n) is 13.4. The molecular formula is C19H18N2O2. The standard InChI is InChI=1S/C19H18N2O2/c1-12-18(16-9-4-5-10-17(16)21(12)3)19(23)20-15-8-6-7-14(11-15)13(2)22/h4-11H,1-3H3,(H,20,23). The summed E-state index contributed by atoms with van der Waals surface area (Å²) in [5.41, 5.74) is 3.79. The molecule has 0 radical (unpaired) electrons. The highest BCUT2D eigenvalue weighted by atomic mass is 16.1. The second-order valence-electron chi connectivity index (χ2n) is 5.63. The molecule has 3 aromatic rings. The van der Waals surface area contributed by atoms with Crippen LogP contribution in [0.15, 0.2) is 48.5 Å². The van der Waals surface area contributed by atoms with Gasteiger partial charge in [0, 0.05) is 34.9 Å². The SMILES string of the molecule is CC(=O)c1cccc(NC(=O)c2c(C)n(C)c3ccccc23)c1. The fourth-order valence-electron chi connectivity index (χ4n) is 2.82. The smallest absolute Gasteiger partial charge is 0.258 e. The van der Waals surface area contributed by atoms with Gasteiger partial charge in [-0.2, -0.15) is 0 Å². The van der Waals surface area contributed by atoms with Gasteiger partial charge in [0.15, 0.2) is 5.78 Å². The van der Waals surface area contributed by atoms with Crippen molar-refractivity contribution in [3.63, 3.8) is 0 Å². The Labute approximate surface area is 134 Å². The fourth-order valence-corrected chi connectivity index (χ4v) is 2.82. The molecule has 0 spiro atoms. The summed E-state index contributed by atoms with van der Waals surface area (Å²) in [7, 11) is 1.95. The average Bonchev–Trinajstić information content (AvgIpc) is 2.79. The maximum absolute atomic E-state index is 12.7. The lowest BCUT2D eigenvalue weighted by molar-refractivity contribution is 0.101. The minimum Gasteiger partial charge on any atom is -0.347 e. The normalized spacial score (nSPS) is 10.7. The second-order valence-corrected chi connectivity index (χ2v) is 5.63. The van der Waals surface area contributed by atoms with Gasteiger partial charge >= 0.3 is 0 Å². The molecule has 0 aliphatic rings.